The molecule has 1 aliphatic rings. The largest absolute Gasteiger partial charge is 0.355 e. The van der Waals surface area contributed by atoms with Crippen LogP contribution in [0.25, 0.3) is 0 Å². The van der Waals surface area contributed by atoms with Crippen LogP contribution in [0.2, 0.25) is 0 Å². The molecule has 0 unspecified atom stereocenters. The van der Waals surface area contributed by atoms with Crippen molar-refractivity contribution < 1.29 is 4.79 Å². The van der Waals surface area contributed by atoms with E-state index in [2.05, 4.69) is 60.6 Å². The van der Waals surface area contributed by atoms with E-state index in [0.717, 1.165) is 45.4 Å². The zero-order chi connectivity index (χ0) is 18.5. The van der Waals surface area contributed by atoms with Crippen LogP contribution in [0, 0.1) is 26.7 Å². The molecule has 26 heavy (non-hydrogen) atoms. The molecule has 0 spiro atoms. The molecule has 1 aromatic carbocycles. The van der Waals surface area contributed by atoms with Crippen LogP contribution >= 0.6 is 11.3 Å². The van der Waals surface area contributed by atoms with Gasteiger partial charge in [-0.25, -0.2) is 0 Å². The molecule has 1 aromatic heterocycles. The van der Waals surface area contributed by atoms with Gasteiger partial charge in [0.1, 0.15) is 0 Å². The van der Waals surface area contributed by atoms with Gasteiger partial charge in [0.15, 0.2) is 0 Å². The molecule has 140 valence electrons. The molecule has 0 saturated carbocycles. The summed E-state index contributed by atoms with van der Waals surface area (Å²) in [4.78, 5) is 16.2. The number of carbonyl (C=O) groups excluding carboxylic acids is 1. The van der Waals surface area contributed by atoms with E-state index in [1.54, 1.807) is 11.3 Å². The smallest absolute Gasteiger partial charge is 0.223 e. The minimum Gasteiger partial charge on any atom is -0.355 e. The van der Waals surface area contributed by atoms with Gasteiger partial charge in [-0.1, -0.05) is 23.8 Å². The summed E-state index contributed by atoms with van der Waals surface area (Å²) in [6.07, 6.45) is 2.87. The first-order valence-electron chi connectivity index (χ1n) is 9.62. The topological polar surface area (TPSA) is 32.3 Å². The predicted octanol–water partition coefficient (Wildman–Crippen LogP) is 4.24. The van der Waals surface area contributed by atoms with Crippen molar-refractivity contribution in [3.05, 3.63) is 56.8 Å². The number of nitrogens with zero attached hydrogens (tertiary/aromatic N) is 1. The van der Waals surface area contributed by atoms with Gasteiger partial charge in [0.05, 0.1) is 0 Å². The van der Waals surface area contributed by atoms with Gasteiger partial charge in [0.2, 0.25) is 5.91 Å². The van der Waals surface area contributed by atoms with E-state index < -0.39 is 0 Å². The molecule has 3 rings (SSSR count). The molecule has 1 aliphatic heterocycles. The highest BCUT2D eigenvalue weighted by Gasteiger charge is 2.25. The molecule has 2 heterocycles. The average Bonchev–Trinajstić information content (AvgIpc) is 3.12. The lowest BCUT2D eigenvalue weighted by Gasteiger charge is -2.32. The molecule has 2 aromatic rings. The molecular weight excluding hydrogens is 340 g/mol. The summed E-state index contributed by atoms with van der Waals surface area (Å²) in [5.41, 5.74) is 5.56. The van der Waals surface area contributed by atoms with Gasteiger partial charge in [-0.15, -0.1) is 11.3 Å². The number of piperidine rings is 1. The summed E-state index contributed by atoms with van der Waals surface area (Å²) in [5, 5.41) is 5.22. The van der Waals surface area contributed by atoms with Gasteiger partial charge in [-0.2, -0.15) is 0 Å². The van der Waals surface area contributed by atoms with E-state index in [4.69, 9.17) is 0 Å². The summed E-state index contributed by atoms with van der Waals surface area (Å²) in [6.45, 7) is 10.4. The monoisotopic (exact) mass is 370 g/mol. The van der Waals surface area contributed by atoms with E-state index >= 15 is 0 Å². The third-order valence-corrected chi connectivity index (χ3v) is 6.37. The molecule has 1 amide bonds. The van der Waals surface area contributed by atoms with E-state index in [1.165, 1.54) is 27.1 Å². The second kappa shape index (κ2) is 8.83. The molecule has 4 heteroatoms. The van der Waals surface area contributed by atoms with Crippen molar-refractivity contribution in [3.8, 4) is 0 Å². The average molecular weight is 371 g/mol. The van der Waals surface area contributed by atoms with Crippen LogP contribution in [0.4, 0.5) is 0 Å². The number of rotatable bonds is 6. The number of benzene rings is 1. The van der Waals surface area contributed by atoms with Gasteiger partial charge in [-0.3, -0.25) is 9.69 Å². The first kappa shape index (κ1) is 19.1. The Bertz CT molecular complexity index is 708. The summed E-state index contributed by atoms with van der Waals surface area (Å²) < 4.78 is 0. The minimum atomic E-state index is 0.176. The fourth-order valence-corrected chi connectivity index (χ4v) is 4.65. The molecule has 1 N–H and O–H groups in total. The maximum absolute atomic E-state index is 12.4. The van der Waals surface area contributed by atoms with E-state index in [0.29, 0.717) is 0 Å². The van der Waals surface area contributed by atoms with Crippen LogP contribution in [0.1, 0.15) is 40.0 Å². The lowest BCUT2D eigenvalue weighted by molar-refractivity contribution is -0.126. The van der Waals surface area contributed by atoms with Crippen LogP contribution in [0.15, 0.2) is 29.6 Å². The zero-order valence-corrected chi connectivity index (χ0v) is 17.0. The van der Waals surface area contributed by atoms with Crippen molar-refractivity contribution in [2.75, 3.05) is 19.6 Å². The summed E-state index contributed by atoms with van der Waals surface area (Å²) in [6, 6.07) is 8.74. The normalized spacial score (nSPS) is 16.0. The van der Waals surface area contributed by atoms with E-state index in [-0.39, 0.29) is 11.8 Å². The highest BCUT2D eigenvalue weighted by atomic mass is 32.1. The Kier molecular flexibility index (Phi) is 6.49. The third-order valence-electron chi connectivity index (χ3n) is 5.43. The second-order valence-electron chi connectivity index (χ2n) is 7.55. The lowest BCUT2D eigenvalue weighted by atomic mass is 9.94. The number of hydrogen-bond acceptors (Lipinski definition) is 3. The predicted molar refractivity (Wildman–Crippen MR) is 110 cm³/mol. The van der Waals surface area contributed by atoms with Crippen LogP contribution in [-0.2, 0) is 17.8 Å². The zero-order valence-electron chi connectivity index (χ0n) is 16.2. The molecule has 1 fully saturated rings. The van der Waals surface area contributed by atoms with Crippen LogP contribution in [0.5, 0.6) is 0 Å². The third kappa shape index (κ3) is 4.95. The number of carbonyl (C=O) groups is 1. The Morgan fingerprint density at radius 1 is 1.19 bits per heavy atom. The standard InChI is InChI=1S/C22H30N2OS/c1-16-13-17(2)21(18(3)14-16)15-24-10-7-19(8-11-24)22(25)23-9-6-20-5-4-12-26-20/h4-5,12-14,19H,6-11,15H2,1-3H3,(H,23,25). The van der Waals surface area contributed by atoms with Crippen molar-refractivity contribution in [2.45, 2.75) is 46.6 Å². The highest BCUT2D eigenvalue weighted by Crippen LogP contribution is 2.23. The minimum absolute atomic E-state index is 0.176. The number of amides is 1. The molecular formula is C22H30N2OS. The maximum Gasteiger partial charge on any atom is 0.223 e. The number of thiophene rings is 1. The fraction of sp³-hybridized carbons (Fsp3) is 0.500. The first-order chi connectivity index (χ1) is 12.5. The fourth-order valence-electron chi connectivity index (χ4n) is 3.94. The van der Waals surface area contributed by atoms with Crippen LogP contribution in [0.3, 0.4) is 0 Å². The van der Waals surface area contributed by atoms with Gasteiger partial charge in [0, 0.05) is 23.9 Å². The van der Waals surface area contributed by atoms with Gasteiger partial charge in [-0.05, 0) is 81.3 Å². The van der Waals surface area contributed by atoms with Crippen molar-refractivity contribution in [3.63, 3.8) is 0 Å². The maximum atomic E-state index is 12.4. The number of hydrogen-bond donors (Lipinski definition) is 1. The van der Waals surface area contributed by atoms with Gasteiger partial charge in [0.25, 0.3) is 0 Å². The molecule has 0 aliphatic carbocycles. The Morgan fingerprint density at radius 3 is 2.50 bits per heavy atom. The Labute approximate surface area is 161 Å². The number of aryl methyl sites for hydroxylation is 3. The summed E-state index contributed by atoms with van der Waals surface area (Å²) in [5.74, 6) is 0.415. The Morgan fingerprint density at radius 2 is 1.88 bits per heavy atom. The van der Waals surface area contributed by atoms with Crippen molar-refractivity contribution in [2.24, 2.45) is 5.92 Å². The Hall–Kier alpha value is -1.65. The second-order valence-corrected chi connectivity index (χ2v) is 8.58. The molecule has 0 radical (unpaired) electrons. The van der Waals surface area contributed by atoms with Gasteiger partial charge >= 0.3 is 0 Å². The SMILES string of the molecule is Cc1cc(C)c(CN2CCC(C(=O)NCCc3cccs3)CC2)c(C)c1. The Balaban J connectivity index is 1.44. The van der Waals surface area contributed by atoms with Crippen molar-refractivity contribution in [1.82, 2.24) is 10.2 Å². The quantitative estimate of drug-likeness (QED) is 0.825. The van der Waals surface area contributed by atoms with E-state index in [1.807, 2.05) is 0 Å². The van der Waals surface area contributed by atoms with Crippen LogP contribution < -0.4 is 5.32 Å². The van der Waals surface area contributed by atoms with E-state index in [9.17, 15) is 4.79 Å². The molecule has 1 saturated heterocycles. The van der Waals surface area contributed by atoms with Gasteiger partial charge < -0.3 is 5.32 Å². The summed E-state index contributed by atoms with van der Waals surface area (Å²) in [7, 11) is 0. The first-order valence-corrected chi connectivity index (χ1v) is 10.5. The lowest BCUT2D eigenvalue weighted by Crippen LogP contribution is -2.40. The van der Waals surface area contributed by atoms with Crippen LogP contribution in [-0.4, -0.2) is 30.4 Å². The summed E-state index contributed by atoms with van der Waals surface area (Å²) >= 11 is 1.76. The number of nitrogens with one attached hydrogen (secondary N) is 1. The molecule has 0 bridgehead atoms. The molecule has 0 atom stereocenters. The van der Waals surface area contributed by atoms with Crippen molar-refractivity contribution >= 4 is 17.2 Å². The van der Waals surface area contributed by atoms with Crippen molar-refractivity contribution in [1.29, 1.82) is 0 Å². The highest BCUT2D eigenvalue weighted by molar-refractivity contribution is 7.09. The molecule has 3 nitrogen and oxygen atoms in total. The number of likely N-dealkylation sites (tertiary alicyclic amines) is 1.